The van der Waals surface area contributed by atoms with Crippen LogP contribution in [0.4, 0.5) is 4.39 Å². The van der Waals surface area contributed by atoms with Crippen LogP contribution in [0.2, 0.25) is 0 Å². The van der Waals surface area contributed by atoms with Crippen LogP contribution in [0.25, 0.3) is 5.82 Å². The SMILES string of the molecule is CCNC(=NCc1ccnc(-n2cccn2)c1)N(C)Cc1ccc(F)cc1.I. The number of rotatable bonds is 6. The second-order valence-electron chi connectivity index (χ2n) is 6.13. The van der Waals surface area contributed by atoms with Crippen LogP contribution in [0.15, 0.2) is 66.0 Å². The van der Waals surface area contributed by atoms with Gasteiger partial charge in [-0.2, -0.15) is 5.10 Å². The lowest BCUT2D eigenvalue weighted by Gasteiger charge is -2.22. The summed E-state index contributed by atoms with van der Waals surface area (Å²) < 4.78 is 14.8. The number of aromatic nitrogens is 3. The van der Waals surface area contributed by atoms with E-state index in [-0.39, 0.29) is 29.8 Å². The third kappa shape index (κ3) is 6.01. The van der Waals surface area contributed by atoms with Gasteiger partial charge >= 0.3 is 0 Å². The molecule has 0 unspecified atom stereocenters. The third-order valence-corrected chi connectivity index (χ3v) is 3.99. The number of halogens is 2. The van der Waals surface area contributed by atoms with Crippen LogP contribution >= 0.6 is 24.0 Å². The van der Waals surface area contributed by atoms with E-state index in [1.807, 2.05) is 43.3 Å². The summed E-state index contributed by atoms with van der Waals surface area (Å²) in [5, 5.41) is 7.50. The molecular weight excluding hydrogens is 470 g/mol. The van der Waals surface area contributed by atoms with Gasteiger partial charge in [0.1, 0.15) is 5.82 Å². The van der Waals surface area contributed by atoms with E-state index >= 15 is 0 Å². The number of aliphatic imine (C=N–C) groups is 1. The first-order valence-corrected chi connectivity index (χ1v) is 8.84. The van der Waals surface area contributed by atoms with E-state index in [1.165, 1.54) is 12.1 Å². The summed E-state index contributed by atoms with van der Waals surface area (Å²) in [5.74, 6) is 1.32. The zero-order valence-corrected chi connectivity index (χ0v) is 18.2. The molecule has 0 aliphatic heterocycles. The lowest BCUT2D eigenvalue weighted by molar-refractivity contribution is 0.476. The van der Waals surface area contributed by atoms with Crippen molar-refractivity contribution in [2.75, 3.05) is 13.6 Å². The van der Waals surface area contributed by atoms with Crippen LogP contribution in [0.1, 0.15) is 18.1 Å². The lowest BCUT2D eigenvalue weighted by atomic mass is 10.2. The van der Waals surface area contributed by atoms with Crippen molar-refractivity contribution >= 4 is 29.9 Å². The van der Waals surface area contributed by atoms with E-state index in [0.29, 0.717) is 13.1 Å². The summed E-state index contributed by atoms with van der Waals surface area (Å²) >= 11 is 0. The van der Waals surface area contributed by atoms with E-state index in [4.69, 9.17) is 4.99 Å². The van der Waals surface area contributed by atoms with Crippen LogP contribution in [0.3, 0.4) is 0 Å². The van der Waals surface area contributed by atoms with E-state index in [0.717, 1.165) is 29.4 Å². The minimum Gasteiger partial charge on any atom is -0.357 e. The molecule has 2 aromatic heterocycles. The fraction of sp³-hybridized carbons (Fsp3) is 0.250. The number of benzene rings is 1. The molecule has 0 amide bonds. The minimum atomic E-state index is -0.229. The first-order chi connectivity index (χ1) is 13.2. The topological polar surface area (TPSA) is 58.3 Å². The molecule has 0 atom stereocenters. The van der Waals surface area contributed by atoms with Crippen LogP contribution in [0.5, 0.6) is 0 Å². The highest BCUT2D eigenvalue weighted by Crippen LogP contribution is 2.09. The molecule has 8 heteroatoms. The van der Waals surface area contributed by atoms with Crippen molar-refractivity contribution in [3.8, 4) is 5.82 Å². The Balaban J connectivity index is 0.00000280. The maximum Gasteiger partial charge on any atom is 0.194 e. The molecule has 0 saturated carbocycles. The molecule has 0 spiro atoms. The molecule has 0 aliphatic rings. The van der Waals surface area contributed by atoms with Gasteiger partial charge in [0, 0.05) is 38.7 Å². The number of hydrogen-bond acceptors (Lipinski definition) is 3. The van der Waals surface area contributed by atoms with Gasteiger partial charge in [-0.3, -0.25) is 0 Å². The van der Waals surface area contributed by atoms with Crippen LogP contribution in [-0.4, -0.2) is 39.2 Å². The first-order valence-electron chi connectivity index (χ1n) is 8.84. The highest BCUT2D eigenvalue weighted by atomic mass is 127. The molecule has 0 fully saturated rings. The van der Waals surface area contributed by atoms with E-state index in [2.05, 4.69) is 15.4 Å². The predicted octanol–water partition coefficient (Wildman–Crippen LogP) is 3.62. The standard InChI is InChI=1S/C20H23FN6.HI/c1-3-22-20(26(2)15-16-5-7-18(21)8-6-16)24-14-17-9-11-23-19(13-17)27-12-4-10-25-27;/h4-13H,3,14-15H2,1-2H3,(H,22,24);1H. The lowest BCUT2D eigenvalue weighted by Crippen LogP contribution is -2.38. The molecule has 3 rings (SSSR count). The maximum atomic E-state index is 13.1. The zero-order chi connectivity index (χ0) is 19.1. The predicted molar refractivity (Wildman–Crippen MR) is 119 cm³/mol. The van der Waals surface area contributed by atoms with E-state index in [9.17, 15) is 4.39 Å². The van der Waals surface area contributed by atoms with Crippen LogP contribution in [-0.2, 0) is 13.1 Å². The Morgan fingerprint density at radius 3 is 2.64 bits per heavy atom. The highest BCUT2D eigenvalue weighted by molar-refractivity contribution is 14.0. The molecule has 2 heterocycles. The summed E-state index contributed by atoms with van der Waals surface area (Å²) in [4.78, 5) is 11.1. The highest BCUT2D eigenvalue weighted by Gasteiger charge is 2.07. The van der Waals surface area contributed by atoms with Gasteiger partial charge < -0.3 is 10.2 Å². The third-order valence-electron chi connectivity index (χ3n) is 3.99. The van der Waals surface area contributed by atoms with Crippen molar-refractivity contribution in [3.05, 3.63) is 78.0 Å². The molecule has 1 aromatic carbocycles. The molecule has 0 saturated heterocycles. The molecule has 0 bridgehead atoms. The Kier molecular flexibility index (Phi) is 8.37. The van der Waals surface area contributed by atoms with Crippen molar-refractivity contribution in [1.82, 2.24) is 25.0 Å². The van der Waals surface area contributed by atoms with Crippen molar-refractivity contribution in [1.29, 1.82) is 0 Å². The average Bonchev–Trinajstić information content (AvgIpc) is 3.22. The average molecular weight is 494 g/mol. The van der Waals surface area contributed by atoms with Gasteiger partial charge in [-0.25, -0.2) is 19.0 Å². The number of nitrogens with zero attached hydrogens (tertiary/aromatic N) is 5. The number of guanidine groups is 1. The Hall–Kier alpha value is -2.49. The zero-order valence-electron chi connectivity index (χ0n) is 15.9. The monoisotopic (exact) mass is 494 g/mol. The summed E-state index contributed by atoms with van der Waals surface area (Å²) in [5.41, 5.74) is 2.07. The number of nitrogens with one attached hydrogen (secondary N) is 1. The number of hydrogen-bond donors (Lipinski definition) is 1. The Bertz CT molecular complexity index is 880. The maximum absolute atomic E-state index is 13.1. The minimum absolute atomic E-state index is 0. The van der Waals surface area contributed by atoms with Crippen molar-refractivity contribution in [3.63, 3.8) is 0 Å². The normalized spacial score (nSPS) is 11.0. The fourth-order valence-electron chi connectivity index (χ4n) is 2.66. The molecular formula is C20H24FIN6. The molecule has 0 radical (unpaired) electrons. The molecule has 1 N–H and O–H groups in total. The van der Waals surface area contributed by atoms with Gasteiger partial charge in [0.05, 0.1) is 6.54 Å². The van der Waals surface area contributed by atoms with Crippen molar-refractivity contribution in [2.24, 2.45) is 4.99 Å². The molecule has 3 aromatic rings. The van der Waals surface area contributed by atoms with Crippen LogP contribution in [0, 0.1) is 5.82 Å². The van der Waals surface area contributed by atoms with Gasteiger partial charge in [-0.05, 0) is 48.4 Å². The quantitative estimate of drug-likeness (QED) is 0.323. The molecule has 6 nitrogen and oxygen atoms in total. The fourth-order valence-corrected chi connectivity index (χ4v) is 2.66. The summed E-state index contributed by atoms with van der Waals surface area (Å²) in [6, 6.07) is 12.3. The van der Waals surface area contributed by atoms with Gasteiger partial charge in [-0.1, -0.05) is 12.1 Å². The Morgan fingerprint density at radius 2 is 1.96 bits per heavy atom. The van der Waals surface area contributed by atoms with Gasteiger partial charge in [0.25, 0.3) is 0 Å². The summed E-state index contributed by atoms with van der Waals surface area (Å²) in [7, 11) is 1.96. The Morgan fingerprint density at radius 1 is 1.18 bits per heavy atom. The second-order valence-corrected chi connectivity index (χ2v) is 6.13. The summed E-state index contributed by atoms with van der Waals surface area (Å²) in [6.45, 7) is 3.96. The second kappa shape index (κ2) is 10.7. The molecule has 28 heavy (non-hydrogen) atoms. The van der Waals surface area contributed by atoms with Gasteiger partial charge in [-0.15, -0.1) is 24.0 Å². The van der Waals surface area contributed by atoms with Gasteiger partial charge in [0.15, 0.2) is 11.8 Å². The van der Waals surface area contributed by atoms with E-state index in [1.54, 1.807) is 29.2 Å². The van der Waals surface area contributed by atoms with Gasteiger partial charge in [0.2, 0.25) is 0 Å². The van der Waals surface area contributed by atoms with Crippen LogP contribution < -0.4 is 5.32 Å². The summed E-state index contributed by atoms with van der Waals surface area (Å²) in [6.07, 6.45) is 5.34. The molecule has 148 valence electrons. The van der Waals surface area contributed by atoms with E-state index < -0.39 is 0 Å². The Labute approximate surface area is 181 Å². The largest absolute Gasteiger partial charge is 0.357 e. The number of pyridine rings is 1. The smallest absolute Gasteiger partial charge is 0.194 e. The van der Waals surface area contributed by atoms with Crippen molar-refractivity contribution < 1.29 is 4.39 Å². The van der Waals surface area contributed by atoms with Crippen molar-refractivity contribution in [2.45, 2.75) is 20.0 Å². The first kappa shape index (κ1) is 21.8. The molecule has 0 aliphatic carbocycles.